The van der Waals surface area contributed by atoms with Gasteiger partial charge in [0.15, 0.2) is 5.16 Å². The van der Waals surface area contributed by atoms with Gasteiger partial charge in [0.05, 0.1) is 12.0 Å². The fourth-order valence-corrected chi connectivity index (χ4v) is 3.99. The zero-order valence-electron chi connectivity index (χ0n) is 18.5. The van der Waals surface area contributed by atoms with E-state index in [0.29, 0.717) is 11.8 Å². The predicted octanol–water partition coefficient (Wildman–Crippen LogP) is 5.07. The highest BCUT2D eigenvalue weighted by molar-refractivity contribution is 7.99. The molecule has 1 amide bonds. The fourth-order valence-electron chi connectivity index (χ4n) is 3.24. The maximum atomic E-state index is 12.0. The lowest BCUT2D eigenvalue weighted by molar-refractivity contribution is -0.118. The quantitative estimate of drug-likeness (QED) is 0.173. The Morgan fingerprint density at radius 1 is 0.970 bits per heavy atom. The molecule has 0 aliphatic rings. The van der Waals surface area contributed by atoms with Crippen molar-refractivity contribution in [2.45, 2.75) is 25.6 Å². The van der Waals surface area contributed by atoms with E-state index in [2.05, 4.69) is 50.8 Å². The van der Waals surface area contributed by atoms with Gasteiger partial charge < -0.3 is 4.74 Å². The highest BCUT2D eigenvalue weighted by Crippen LogP contribution is 2.18. The second kappa shape index (κ2) is 10.7. The molecule has 33 heavy (non-hydrogen) atoms. The lowest BCUT2D eigenvalue weighted by atomic mass is 10.1. The monoisotopic (exact) mass is 456 g/mol. The molecule has 6 nitrogen and oxygen atoms in total. The number of hydrogen-bond acceptors (Lipinski definition) is 6. The first-order chi connectivity index (χ1) is 16.0. The van der Waals surface area contributed by atoms with Crippen LogP contribution < -0.4 is 10.2 Å². The largest absolute Gasteiger partial charge is 0.489 e. The van der Waals surface area contributed by atoms with Crippen LogP contribution in [0.5, 0.6) is 5.75 Å². The second-order valence-electron chi connectivity index (χ2n) is 7.55. The molecule has 4 aromatic rings. The van der Waals surface area contributed by atoms with Crippen LogP contribution in [-0.2, 0) is 11.4 Å². The molecule has 166 valence electrons. The number of carbonyl (C=O) groups is 1. The Hall–Kier alpha value is -3.71. The summed E-state index contributed by atoms with van der Waals surface area (Å²) in [4.78, 5) is 20.6. The van der Waals surface area contributed by atoms with Gasteiger partial charge in [-0.05, 0) is 72.1 Å². The van der Waals surface area contributed by atoms with Gasteiger partial charge in [-0.15, -0.1) is 0 Å². The molecule has 0 fully saturated rings. The normalized spacial score (nSPS) is 11.1. The number of nitrogens with zero attached hydrogens (tertiary/aromatic N) is 3. The van der Waals surface area contributed by atoms with E-state index in [1.54, 1.807) is 6.21 Å². The number of aromatic nitrogens is 2. The third-order valence-corrected chi connectivity index (χ3v) is 5.64. The van der Waals surface area contributed by atoms with Gasteiger partial charge in [0, 0.05) is 11.4 Å². The van der Waals surface area contributed by atoms with Gasteiger partial charge >= 0.3 is 0 Å². The van der Waals surface area contributed by atoms with Crippen molar-refractivity contribution in [2.75, 3.05) is 5.75 Å². The number of ether oxygens (including phenoxy) is 1. The molecule has 4 rings (SSSR count). The minimum atomic E-state index is -0.214. The van der Waals surface area contributed by atoms with Crippen LogP contribution in [0.15, 0.2) is 83.1 Å². The van der Waals surface area contributed by atoms with E-state index < -0.39 is 0 Å². The number of aryl methyl sites for hydroxylation is 2. The van der Waals surface area contributed by atoms with Crippen LogP contribution in [-0.4, -0.2) is 27.8 Å². The van der Waals surface area contributed by atoms with E-state index in [4.69, 9.17) is 4.74 Å². The molecule has 0 radical (unpaired) electrons. The van der Waals surface area contributed by atoms with E-state index in [1.807, 2.05) is 56.3 Å². The van der Waals surface area contributed by atoms with Crippen LogP contribution in [0.25, 0.3) is 10.8 Å². The number of rotatable bonds is 8. The summed E-state index contributed by atoms with van der Waals surface area (Å²) in [6, 6.07) is 24.1. The molecule has 1 heterocycles. The minimum absolute atomic E-state index is 0.196. The molecule has 0 aliphatic heterocycles. The number of thioether (sulfide) groups is 1. The molecule has 0 aliphatic carbocycles. The van der Waals surface area contributed by atoms with Crippen molar-refractivity contribution in [3.8, 4) is 5.75 Å². The molecule has 7 heteroatoms. The Morgan fingerprint density at radius 2 is 1.70 bits per heavy atom. The summed E-state index contributed by atoms with van der Waals surface area (Å²) in [5.74, 6) is 0.755. The van der Waals surface area contributed by atoms with Gasteiger partial charge in [-0.1, -0.05) is 48.2 Å². The van der Waals surface area contributed by atoms with Gasteiger partial charge in [0.1, 0.15) is 12.4 Å². The molecule has 1 N–H and O–H groups in total. The predicted molar refractivity (Wildman–Crippen MR) is 133 cm³/mol. The summed E-state index contributed by atoms with van der Waals surface area (Å²) in [7, 11) is 0. The summed E-state index contributed by atoms with van der Waals surface area (Å²) < 4.78 is 5.90. The number of benzene rings is 3. The number of hydrogen-bond donors (Lipinski definition) is 1. The molecule has 0 saturated heterocycles. The Morgan fingerprint density at radius 3 is 2.45 bits per heavy atom. The smallest absolute Gasteiger partial charge is 0.250 e. The topological polar surface area (TPSA) is 76.5 Å². The first kappa shape index (κ1) is 22.5. The lowest BCUT2D eigenvalue weighted by Gasteiger charge is -2.07. The maximum Gasteiger partial charge on any atom is 0.250 e. The highest BCUT2D eigenvalue weighted by atomic mass is 32.2. The van der Waals surface area contributed by atoms with Gasteiger partial charge in [-0.3, -0.25) is 4.79 Å². The van der Waals surface area contributed by atoms with Crippen molar-refractivity contribution in [3.63, 3.8) is 0 Å². The van der Waals surface area contributed by atoms with Crippen LogP contribution in [0.3, 0.4) is 0 Å². The van der Waals surface area contributed by atoms with Crippen LogP contribution in [0.1, 0.15) is 22.5 Å². The maximum absolute atomic E-state index is 12.0. The van der Waals surface area contributed by atoms with E-state index in [9.17, 15) is 4.79 Å². The van der Waals surface area contributed by atoms with Crippen LogP contribution in [0.2, 0.25) is 0 Å². The van der Waals surface area contributed by atoms with Crippen molar-refractivity contribution < 1.29 is 9.53 Å². The summed E-state index contributed by atoms with van der Waals surface area (Å²) in [5.41, 5.74) is 6.27. The van der Waals surface area contributed by atoms with E-state index in [1.165, 1.54) is 22.5 Å². The molecule has 1 aromatic heterocycles. The van der Waals surface area contributed by atoms with E-state index >= 15 is 0 Å². The first-order valence-electron chi connectivity index (χ1n) is 10.5. The van der Waals surface area contributed by atoms with E-state index in [-0.39, 0.29) is 11.7 Å². The number of hydrazone groups is 1. The van der Waals surface area contributed by atoms with Crippen molar-refractivity contribution in [1.29, 1.82) is 0 Å². The van der Waals surface area contributed by atoms with E-state index in [0.717, 1.165) is 28.3 Å². The number of carbonyl (C=O) groups excluding carboxylic acids is 1. The van der Waals surface area contributed by atoms with Crippen LogP contribution in [0.4, 0.5) is 0 Å². The average molecular weight is 457 g/mol. The number of fused-ring (bicyclic) bond motifs is 1. The molecule has 0 bridgehead atoms. The summed E-state index contributed by atoms with van der Waals surface area (Å²) >= 11 is 1.28. The molecular formula is C26H24N4O2S. The first-order valence-corrected chi connectivity index (χ1v) is 11.5. The third kappa shape index (κ3) is 6.63. The second-order valence-corrected chi connectivity index (χ2v) is 8.50. The molecule has 0 spiro atoms. The van der Waals surface area contributed by atoms with Crippen molar-refractivity contribution >= 4 is 34.7 Å². The fraction of sp³-hybridized carbons (Fsp3) is 0.154. The Balaban J connectivity index is 1.24. The summed E-state index contributed by atoms with van der Waals surface area (Å²) in [6.45, 7) is 4.31. The standard InChI is InChI=1S/C26H24N4O2S/c1-18-13-19(2)29-26(28-18)33-17-25(31)30-27-15-20-8-11-24(12-9-20)32-16-21-7-10-22-5-3-4-6-23(22)14-21/h3-15H,16-17H2,1-2H3,(H,30,31)/b27-15-. The van der Waals surface area contributed by atoms with Gasteiger partial charge in [0.2, 0.25) is 0 Å². The number of amides is 1. The summed E-state index contributed by atoms with van der Waals surface area (Å²) in [5, 5.41) is 7.03. The zero-order chi connectivity index (χ0) is 23.0. The molecular weight excluding hydrogens is 432 g/mol. The van der Waals surface area contributed by atoms with Crippen molar-refractivity contribution in [3.05, 3.63) is 95.3 Å². The molecule has 3 aromatic carbocycles. The summed E-state index contributed by atoms with van der Waals surface area (Å²) in [6.07, 6.45) is 1.60. The zero-order valence-corrected chi connectivity index (χ0v) is 19.3. The van der Waals surface area contributed by atoms with Crippen molar-refractivity contribution in [2.24, 2.45) is 5.10 Å². The number of nitrogens with one attached hydrogen (secondary N) is 1. The van der Waals surface area contributed by atoms with Crippen molar-refractivity contribution in [1.82, 2.24) is 15.4 Å². The SMILES string of the molecule is Cc1cc(C)nc(SCC(=O)N/N=C\c2ccc(OCc3ccc4ccccc4c3)cc2)n1. The molecule has 0 atom stereocenters. The Kier molecular flexibility index (Phi) is 7.32. The van der Waals surface area contributed by atoms with Crippen LogP contribution >= 0.6 is 11.8 Å². The Labute approximate surface area is 197 Å². The average Bonchev–Trinajstić information content (AvgIpc) is 2.81. The lowest BCUT2D eigenvalue weighted by Crippen LogP contribution is -2.19. The Bertz CT molecular complexity index is 1270. The molecule has 0 saturated carbocycles. The van der Waals surface area contributed by atoms with Gasteiger partial charge in [-0.2, -0.15) is 5.10 Å². The minimum Gasteiger partial charge on any atom is -0.489 e. The third-order valence-electron chi connectivity index (χ3n) is 4.80. The molecule has 0 unspecified atom stereocenters. The van der Waals surface area contributed by atoms with Gasteiger partial charge in [0.25, 0.3) is 5.91 Å². The highest BCUT2D eigenvalue weighted by Gasteiger charge is 2.05. The van der Waals surface area contributed by atoms with Crippen LogP contribution in [0, 0.1) is 13.8 Å². The van der Waals surface area contributed by atoms with Gasteiger partial charge in [-0.25, -0.2) is 15.4 Å².